The number of sulfonamides is 1. The van der Waals surface area contributed by atoms with Crippen molar-refractivity contribution < 1.29 is 17.9 Å². The van der Waals surface area contributed by atoms with E-state index in [2.05, 4.69) is 0 Å². The molecule has 0 N–H and O–H groups in total. The van der Waals surface area contributed by atoms with E-state index in [4.69, 9.17) is 16.3 Å². The van der Waals surface area contributed by atoms with Crippen molar-refractivity contribution in [2.75, 3.05) is 0 Å². The molecule has 1 heterocycles. The fraction of sp³-hybridized carbons (Fsp3) is 0.136. The van der Waals surface area contributed by atoms with Gasteiger partial charge in [0.1, 0.15) is 6.04 Å². The number of rotatable bonds is 5. The van der Waals surface area contributed by atoms with Gasteiger partial charge in [0.15, 0.2) is 0 Å². The predicted octanol–water partition coefficient (Wildman–Crippen LogP) is 3.20. The molecule has 0 aromatic heterocycles. The third-order valence-electron chi connectivity index (χ3n) is 5.06. The van der Waals surface area contributed by atoms with Gasteiger partial charge in [-0.05, 0) is 48.6 Å². The van der Waals surface area contributed by atoms with Gasteiger partial charge in [0.2, 0.25) is 10.0 Å². The number of nitrogens with zero attached hydrogens (tertiary/aromatic N) is 1. The summed E-state index contributed by atoms with van der Waals surface area (Å²) in [5.41, 5.74) is 2.33. The van der Waals surface area contributed by atoms with Crippen LogP contribution in [-0.4, -0.2) is 31.7 Å². The molecule has 0 spiro atoms. The lowest BCUT2D eigenvalue weighted by molar-refractivity contribution is -0.134. The Labute approximate surface area is 181 Å². The molecule has 1 fully saturated rings. The summed E-state index contributed by atoms with van der Waals surface area (Å²) in [6, 6.07) is 21.5. The van der Waals surface area contributed by atoms with Gasteiger partial charge in [-0.1, -0.05) is 71.8 Å². The summed E-state index contributed by atoms with van der Waals surface area (Å²) in [4.78, 5) is 12.9. The highest BCUT2D eigenvalue weighted by molar-refractivity contribution is 7.90. The van der Waals surface area contributed by atoms with Crippen LogP contribution in [-0.2, 0) is 25.9 Å². The summed E-state index contributed by atoms with van der Waals surface area (Å²) in [7, 11) is -5.07. The Morgan fingerprint density at radius 2 is 1.60 bits per heavy atom. The van der Waals surface area contributed by atoms with Crippen molar-refractivity contribution in [1.29, 1.82) is 0 Å². The van der Waals surface area contributed by atoms with Crippen LogP contribution in [0.15, 0.2) is 83.8 Å². The maximum atomic E-state index is 13.6. The van der Waals surface area contributed by atoms with Crippen molar-refractivity contribution in [2.24, 2.45) is 0 Å². The molecule has 0 bridgehead atoms. The van der Waals surface area contributed by atoms with Gasteiger partial charge in [-0.15, -0.1) is 0 Å². The summed E-state index contributed by atoms with van der Waals surface area (Å²) in [5, 5.41) is 0.511. The highest BCUT2D eigenvalue weighted by Gasteiger charge is 2.53. The number of benzene rings is 3. The zero-order valence-electron chi connectivity index (χ0n) is 16.2. The molecule has 1 atom stereocenters. The van der Waals surface area contributed by atoms with Crippen LogP contribution in [0, 0.1) is 6.92 Å². The molecule has 0 saturated carbocycles. The molecule has 3 aromatic rings. The third-order valence-corrected chi connectivity index (χ3v) is 7.18. The number of hydrogen-bond acceptors (Lipinski definition) is 4. The van der Waals surface area contributed by atoms with Crippen LogP contribution in [0.5, 0.6) is 0 Å². The van der Waals surface area contributed by atoms with Crippen molar-refractivity contribution in [3.63, 3.8) is 0 Å². The number of aryl methyl sites for hydroxylation is 1. The van der Waals surface area contributed by atoms with E-state index in [0.717, 1.165) is 11.1 Å². The molecule has 0 radical (unpaired) electrons. The Morgan fingerprint density at radius 1 is 0.967 bits per heavy atom. The van der Waals surface area contributed by atoms with E-state index in [9.17, 15) is 13.2 Å². The maximum Gasteiger partial charge on any atom is 0.502 e. The summed E-state index contributed by atoms with van der Waals surface area (Å²) in [5.74, 6) is -0.575. The van der Waals surface area contributed by atoms with E-state index in [0.29, 0.717) is 10.5 Å². The van der Waals surface area contributed by atoms with Crippen LogP contribution < -0.4 is 5.46 Å². The van der Waals surface area contributed by atoms with Gasteiger partial charge in [-0.25, -0.2) is 8.42 Å². The van der Waals surface area contributed by atoms with Crippen LogP contribution in [0.4, 0.5) is 0 Å². The molecule has 1 saturated heterocycles. The van der Waals surface area contributed by atoms with E-state index < -0.39 is 29.1 Å². The minimum atomic E-state index is -4.01. The maximum absolute atomic E-state index is 13.6. The Morgan fingerprint density at radius 3 is 2.23 bits per heavy atom. The molecule has 0 amide bonds. The summed E-state index contributed by atoms with van der Waals surface area (Å²) in [6.07, 6.45) is 0.217. The first-order chi connectivity index (χ1) is 14.4. The second kappa shape index (κ2) is 8.26. The van der Waals surface area contributed by atoms with Crippen molar-refractivity contribution in [1.82, 2.24) is 4.22 Å². The van der Waals surface area contributed by atoms with E-state index in [1.165, 1.54) is 4.22 Å². The molecule has 0 unspecified atom stereocenters. The molecule has 1 aliphatic rings. The molecule has 8 heteroatoms. The van der Waals surface area contributed by atoms with Crippen LogP contribution in [0.3, 0.4) is 0 Å². The molecule has 4 rings (SSSR count). The highest BCUT2D eigenvalue weighted by Crippen LogP contribution is 2.28. The van der Waals surface area contributed by atoms with Crippen molar-refractivity contribution in [3.05, 3.63) is 95.0 Å². The minimum Gasteiger partial charge on any atom is -0.514 e. The molecule has 1 aliphatic heterocycles. The lowest BCUT2D eigenvalue weighted by Crippen LogP contribution is -2.51. The van der Waals surface area contributed by atoms with Gasteiger partial charge in [-0.3, -0.25) is 4.79 Å². The first kappa shape index (κ1) is 20.7. The molecular weight excluding hydrogens is 421 g/mol. The van der Waals surface area contributed by atoms with Crippen LogP contribution in [0.1, 0.15) is 11.1 Å². The monoisotopic (exact) mass is 439 g/mol. The largest absolute Gasteiger partial charge is 0.514 e. The standard InChI is InChI=1S/C22H19BClNO4S/c1-16-7-13-20(14-8-16)30(27,28)25-21(15-17-5-3-2-4-6-17)22(26)29-23(25)18-9-11-19(24)12-10-18/h2-14,21H,15H2,1H3/t21-/m0/s1. The van der Waals surface area contributed by atoms with Gasteiger partial charge in [0.05, 0.1) is 4.90 Å². The van der Waals surface area contributed by atoms with E-state index in [1.807, 2.05) is 37.3 Å². The van der Waals surface area contributed by atoms with Crippen molar-refractivity contribution in [3.8, 4) is 0 Å². The molecule has 0 aliphatic carbocycles. The Kier molecular flexibility index (Phi) is 5.69. The number of halogens is 1. The molecule has 3 aromatic carbocycles. The molecule has 30 heavy (non-hydrogen) atoms. The third kappa shape index (κ3) is 4.01. The van der Waals surface area contributed by atoms with Gasteiger partial charge < -0.3 is 4.65 Å². The SMILES string of the molecule is Cc1ccc(S(=O)(=O)N2B(c3ccc(Cl)cc3)OC(=O)[C@@H]2Cc2ccccc2)cc1. The summed E-state index contributed by atoms with van der Waals surface area (Å²) >= 11 is 5.98. The Hall–Kier alpha value is -2.61. The van der Waals surface area contributed by atoms with E-state index >= 15 is 0 Å². The summed E-state index contributed by atoms with van der Waals surface area (Å²) < 4.78 is 34.0. The Bertz CT molecular complexity index is 1150. The van der Waals surface area contributed by atoms with Gasteiger partial charge in [-0.2, -0.15) is 4.22 Å². The zero-order chi connectivity index (χ0) is 21.3. The molecule has 5 nitrogen and oxygen atoms in total. The van der Waals surface area contributed by atoms with Crippen molar-refractivity contribution >= 4 is 40.1 Å². The second-order valence-electron chi connectivity index (χ2n) is 7.19. The predicted molar refractivity (Wildman–Crippen MR) is 117 cm³/mol. The van der Waals surface area contributed by atoms with Crippen LogP contribution >= 0.6 is 11.6 Å². The Balaban J connectivity index is 1.80. The van der Waals surface area contributed by atoms with Gasteiger partial charge in [0.25, 0.3) is 0 Å². The smallest absolute Gasteiger partial charge is 0.502 e. The van der Waals surface area contributed by atoms with Gasteiger partial charge in [0, 0.05) is 5.02 Å². The number of carbonyl (C=O) groups is 1. The van der Waals surface area contributed by atoms with Crippen LogP contribution in [0.25, 0.3) is 0 Å². The first-order valence-corrected chi connectivity index (χ1v) is 11.3. The average molecular weight is 440 g/mol. The second-order valence-corrected chi connectivity index (χ2v) is 9.47. The van der Waals surface area contributed by atoms with Gasteiger partial charge >= 0.3 is 13.0 Å². The zero-order valence-corrected chi connectivity index (χ0v) is 17.8. The fourth-order valence-corrected chi connectivity index (χ4v) is 5.25. The quantitative estimate of drug-likeness (QED) is 0.573. The lowest BCUT2D eigenvalue weighted by atomic mass is 9.74. The normalized spacial score (nSPS) is 17.2. The van der Waals surface area contributed by atoms with E-state index in [-0.39, 0.29) is 11.3 Å². The lowest BCUT2D eigenvalue weighted by Gasteiger charge is -2.24. The first-order valence-electron chi connectivity index (χ1n) is 9.46. The fourth-order valence-electron chi connectivity index (χ4n) is 3.49. The number of hydrogen-bond donors (Lipinski definition) is 0. The average Bonchev–Trinajstić information content (AvgIpc) is 3.06. The topological polar surface area (TPSA) is 63.7 Å². The van der Waals surface area contributed by atoms with E-state index in [1.54, 1.807) is 48.5 Å². The van der Waals surface area contributed by atoms with Crippen molar-refractivity contribution in [2.45, 2.75) is 24.3 Å². The highest BCUT2D eigenvalue weighted by atomic mass is 35.5. The number of carbonyl (C=O) groups excluding carboxylic acids is 1. The minimum absolute atomic E-state index is 0.114. The molecular formula is C22H19BClNO4S. The van der Waals surface area contributed by atoms with Crippen LogP contribution in [0.2, 0.25) is 5.02 Å². The molecule has 152 valence electrons. The summed E-state index contributed by atoms with van der Waals surface area (Å²) in [6.45, 7) is 1.88.